The molecule has 0 radical (unpaired) electrons. The zero-order valence-electron chi connectivity index (χ0n) is 14.4. The fraction of sp³-hybridized carbons (Fsp3) is 0.556. The molecular formula is C18H21F3N2O2. The molecule has 0 N–H and O–H groups in total. The van der Waals surface area contributed by atoms with Crippen molar-refractivity contribution in [1.29, 1.82) is 0 Å². The Bertz CT molecular complexity index is 702. The van der Waals surface area contributed by atoms with Crippen LogP contribution in [0.3, 0.4) is 0 Å². The summed E-state index contributed by atoms with van der Waals surface area (Å²) >= 11 is 0. The van der Waals surface area contributed by atoms with Gasteiger partial charge < -0.3 is 9.47 Å². The van der Waals surface area contributed by atoms with Crippen molar-refractivity contribution in [1.82, 2.24) is 0 Å². The first kappa shape index (κ1) is 17.9. The molecule has 4 nitrogen and oxygen atoms in total. The topological polar surface area (TPSA) is 43.2 Å². The van der Waals surface area contributed by atoms with Gasteiger partial charge in [0.15, 0.2) is 0 Å². The number of nitrogens with zero attached hydrogens (tertiary/aromatic N) is 2. The molecule has 25 heavy (non-hydrogen) atoms. The van der Waals surface area contributed by atoms with E-state index in [2.05, 4.69) is 9.98 Å². The lowest BCUT2D eigenvalue weighted by atomic mass is 9.85. The van der Waals surface area contributed by atoms with E-state index in [-0.39, 0.29) is 23.5 Å². The standard InChI is InChI=1S/C18H21F3N2O2/c1-4-5-13-10-22-16-9-12(18(19,20)21)8-14-15(24-11(2)3)6-7-23-17(14,16)25-13/h6-9,11,13H,4-5,10H2,1-3H3. The van der Waals surface area contributed by atoms with Crippen molar-refractivity contribution in [3.63, 3.8) is 0 Å². The van der Waals surface area contributed by atoms with Crippen LogP contribution in [-0.2, 0) is 9.47 Å². The van der Waals surface area contributed by atoms with Crippen LogP contribution in [0.4, 0.5) is 13.2 Å². The van der Waals surface area contributed by atoms with E-state index in [0.29, 0.717) is 12.3 Å². The van der Waals surface area contributed by atoms with E-state index in [1.54, 1.807) is 6.08 Å². The predicted octanol–water partition coefficient (Wildman–Crippen LogP) is 4.14. The van der Waals surface area contributed by atoms with E-state index in [1.807, 2.05) is 20.8 Å². The summed E-state index contributed by atoms with van der Waals surface area (Å²) in [5, 5.41) is 0. The minimum atomic E-state index is -4.48. The van der Waals surface area contributed by atoms with E-state index in [4.69, 9.17) is 9.47 Å². The van der Waals surface area contributed by atoms with Gasteiger partial charge in [0, 0.05) is 6.21 Å². The van der Waals surface area contributed by atoms with Gasteiger partial charge in [-0.1, -0.05) is 13.3 Å². The number of allylic oxidation sites excluding steroid dienone is 3. The third kappa shape index (κ3) is 3.29. The highest BCUT2D eigenvalue weighted by atomic mass is 19.4. The Morgan fingerprint density at radius 1 is 1.36 bits per heavy atom. The van der Waals surface area contributed by atoms with Crippen LogP contribution in [-0.4, -0.2) is 42.6 Å². The first-order valence-electron chi connectivity index (χ1n) is 8.42. The van der Waals surface area contributed by atoms with Crippen LogP contribution < -0.4 is 0 Å². The van der Waals surface area contributed by atoms with Crippen molar-refractivity contribution in [2.45, 2.75) is 57.7 Å². The quantitative estimate of drug-likeness (QED) is 0.761. The van der Waals surface area contributed by atoms with Crippen LogP contribution in [0.2, 0.25) is 0 Å². The Labute approximate surface area is 144 Å². The van der Waals surface area contributed by atoms with Crippen LogP contribution in [0.5, 0.6) is 0 Å². The summed E-state index contributed by atoms with van der Waals surface area (Å²) in [6.45, 7) is 6.00. The van der Waals surface area contributed by atoms with Crippen LogP contribution in [0, 0.1) is 0 Å². The Kier molecular flexibility index (Phi) is 4.62. The number of rotatable bonds is 4. The second kappa shape index (κ2) is 6.44. The first-order valence-corrected chi connectivity index (χ1v) is 8.42. The Hall–Kier alpha value is -1.89. The zero-order valence-corrected chi connectivity index (χ0v) is 14.4. The van der Waals surface area contributed by atoms with Gasteiger partial charge in [0.25, 0.3) is 0 Å². The molecule has 3 rings (SSSR count). The van der Waals surface area contributed by atoms with Gasteiger partial charge in [-0.2, -0.15) is 13.2 Å². The van der Waals surface area contributed by atoms with E-state index in [1.165, 1.54) is 6.21 Å². The molecular weight excluding hydrogens is 333 g/mol. The van der Waals surface area contributed by atoms with E-state index in [0.717, 1.165) is 25.0 Å². The average molecular weight is 354 g/mol. The summed E-state index contributed by atoms with van der Waals surface area (Å²) in [6.07, 6.45) is 1.99. The van der Waals surface area contributed by atoms with Gasteiger partial charge in [0.05, 0.1) is 35.6 Å². The first-order chi connectivity index (χ1) is 11.8. The normalized spacial score (nSPS) is 28.5. The second-order valence-corrected chi connectivity index (χ2v) is 6.53. The number of hydrogen-bond acceptors (Lipinski definition) is 4. The molecule has 1 spiro atoms. The maximum Gasteiger partial charge on any atom is 0.416 e. The lowest BCUT2D eigenvalue weighted by Crippen LogP contribution is -2.51. The highest BCUT2D eigenvalue weighted by Gasteiger charge is 2.51. The summed E-state index contributed by atoms with van der Waals surface area (Å²) < 4.78 is 51.9. The predicted molar refractivity (Wildman–Crippen MR) is 89.8 cm³/mol. The van der Waals surface area contributed by atoms with Gasteiger partial charge in [-0.05, 0) is 38.5 Å². The van der Waals surface area contributed by atoms with Crippen LogP contribution in [0.25, 0.3) is 0 Å². The Morgan fingerprint density at radius 2 is 2.12 bits per heavy atom. The molecule has 0 fully saturated rings. The minimum absolute atomic E-state index is 0.180. The molecule has 0 aromatic heterocycles. The third-order valence-electron chi connectivity index (χ3n) is 4.16. The molecule has 7 heteroatoms. The SMILES string of the molecule is CCCC1CN=C2C=C(C(F)(F)F)C=C3C(OC(C)C)=CC=NC32O1. The van der Waals surface area contributed by atoms with E-state index in [9.17, 15) is 13.2 Å². The van der Waals surface area contributed by atoms with E-state index >= 15 is 0 Å². The summed E-state index contributed by atoms with van der Waals surface area (Å²) in [6, 6.07) is 0. The molecule has 0 saturated heterocycles. The van der Waals surface area contributed by atoms with Gasteiger partial charge in [0.2, 0.25) is 5.72 Å². The Balaban J connectivity index is 2.10. The van der Waals surface area contributed by atoms with Gasteiger partial charge in [-0.15, -0.1) is 0 Å². The molecule has 2 heterocycles. The molecule has 0 saturated carbocycles. The van der Waals surface area contributed by atoms with Crippen molar-refractivity contribution in [3.05, 3.63) is 35.1 Å². The maximum absolute atomic E-state index is 13.3. The molecule has 3 aliphatic rings. The molecule has 2 aliphatic heterocycles. The van der Waals surface area contributed by atoms with Crippen molar-refractivity contribution in [2.24, 2.45) is 9.98 Å². The van der Waals surface area contributed by atoms with Gasteiger partial charge in [-0.25, -0.2) is 4.99 Å². The molecule has 0 aromatic rings. The second-order valence-electron chi connectivity index (χ2n) is 6.53. The summed E-state index contributed by atoms with van der Waals surface area (Å²) in [7, 11) is 0. The van der Waals surface area contributed by atoms with E-state index < -0.39 is 17.5 Å². The Morgan fingerprint density at radius 3 is 2.76 bits per heavy atom. The third-order valence-corrected chi connectivity index (χ3v) is 4.16. The number of aliphatic imine (C=N–C) groups is 2. The molecule has 0 amide bonds. The summed E-state index contributed by atoms with van der Waals surface area (Å²) in [5.74, 6) is 0.338. The van der Waals surface area contributed by atoms with Crippen LogP contribution in [0.15, 0.2) is 45.1 Å². The lowest BCUT2D eigenvalue weighted by Gasteiger charge is -2.42. The maximum atomic E-state index is 13.3. The fourth-order valence-corrected chi connectivity index (χ4v) is 3.13. The van der Waals surface area contributed by atoms with Crippen molar-refractivity contribution >= 4 is 11.9 Å². The lowest BCUT2D eigenvalue weighted by molar-refractivity contribution is -0.0893. The monoisotopic (exact) mass is 354 g/mol. The molecule has 136 valence electrons. The fourth-order valence-electron chi connectivity index (χ4n) is 3.13. The largest absolute Gasteiger partial charge is 0.490 e. The zero-order chi connectivity index (χ0) is 18.2. The minimum Gasteiger partial charge on any atom is -0.490 e. The van der Waals surface area contributed by atoms with Crippen LogP contribution >= 0.6 is 0 Å². The van der Waals surface area contributed by atoms with Gasteiger partial charge >= 0.3 is 6.18 Å². The number of hydrogen-bond donors (Lipinski definition) is 0. The average Bonchev–Trinajstić information content (AvgIpc) is 2.52. The molecule has 0 bridgehead atoms. The number of dihydropyridines is 1. The van der Waals surface area contributed by atoms with Crippen molar-refractivity contribution in [2.75, 3.05) is 6.54 Å². The van der Waals surface area contributed by atoms with Gasteiger partial charge in [0.1, 0.15) is 5.76 Å². The molecule has 1 aliphatic carbocycles. The highest BCUT2D eigenvalue weighted by molar-refractivity contribution is 6.09. The van der Waals surface area contributed by atoms with Gasteiger partial charge in [-0.3, -0.25) is 4.99 Å². The van der Waals surface area contributed by atoms with Crippen LogP contribution in [0.1, 0.15) is 33.6 Å². The summed E-state index contributed by atoms with van der Waals surface area (Å²) in [5.41, 5.74) is -1.67. The molecule has 0 aromatic carbocycles. The highest BCUT2D eigenvalue weighted by Crippen LogP contribution is 2.44. The molecule has 2 unspecified atom stereocenters. The van der Waals surface area contributed by atoms with Crippen molar-refractivity contribution < 1.29 is 22.6 Å². The number of ether oxygens (including phenoxy) is 2. The van der Waals surface area contributed by atoms with Crippen molar-refractivity contribution in [3.8, 4) is 0 Å². The smallest absolute Gasteiger partial charge is 0.416 e. The number of halogens is 3. The summed E-state index contributed by atoms with van der Waals surface area (Å²) in [4.78, 5) is 8.78. The number of alkyl halides is 3. The molecule has 2 atom stereocenters.